The van der Waals surface area contributed by atoms with Crippen molar-refractivity contribution in [1.29, 1.82) is 0 Å². The second-order valence-corrected chi connectivity index (χ2v) is 18.0. The Kier molecular flexibility index (Phi) is 50.0. The highest BCUT2D eigenvalue weighted by Crippen LogP contribution is 2.17. The maximum atomic E-state index is 12.3. The number of ether oxygens (including phenoxy) is 2. The van der Waals surface area contributed by atoms with Gasteiger partial charge in [0.1, 0.15) is 6.10 Å². The van der Waals surface area contributed by atoms with E-state index in [1.807, 2.05) is 0 Å². The molecule has 0 saturated heterocycles. The third-order valence-electron chi connectivity index (χ3n) is 12.2. The summed E-state index contributed by atoms with van der Waals surface area (Å²) in [6.07, 6.45) is 60.6. The SMILES string of the molecule is CCCCCCCCCCCCCCCCCCCCCCCCCCCCOCC(CO)OC(=O)CCCCCCCCCCCCCCCCCCCC. The van der Waals surface area contributed by atoms with Gasteiger partial charge in [-0.3, -0.25) is 4.79 Å². The predicted octanol–water partition coefficient (Wildman–Crippen LogP) is 17.5. The lowest BCUT2D eigenvalue weighted by Crippen LogP contribution is -2.27. The molecule has 4 nitrogen and oxygen atoms in total. The van der Waals surface area contributed by atoms with E-state index in [-0.39, 0.29) is 12.6 Å². The fourth-order valence-corrected chi connectivity index (χ4v) is 8.27. The van der Waals surface area contributed by atoms with Crippen molar-refractivity contribution in [3.63, 3.8) is 0 Å². The van der Waals surface area contributed by atoms with Gasteiger partial charge >= 0.3 is 5.97 Å². The van der Waals surface area contributed by atoms with E-state index in [9.17, 15) is 9.90 Å². The van der Waals surface area contributed by atoms with Gasteiger partial charge in [-0.15, -0.1) is 0 Å². The molecule has 56 heavy (non-hydrogen) atoms. The molecule has 0 radical (unpaired) electrons. The van der Waals surface area contributed by atoms with Crippen molar-refractivity contribution in [1.82, 2.24) is 0 Å². The van der Waals surface area contributed by atoms with Gasteiger partial charge < -0.3 is 14.6 Å². The Labute approximate surface area is 353 Å². The van der Waals surface area contributed by atoms with Gasteiger partial charge in [-0.1, -0.05) is 284 Å². The molecule has 0 aromatic carbocycles. The van der Waals surface area contributed by atoms with Crippen LogP contribution in [0, 0.1) is 0 Å². The Balaban J connectivity index is 3.31. The van der Waals surface area contributed by atoms with E-state index in [1.165, 1.54) is 263 Å². The number of esters is 1. The number of carbonyl (C=O) groups excluding carboxylic acids is 1. The zero-order valence-electron chi connectivity index (χ0n) is 38.7. The van der Waals surface area contributed by atoms with Crippen LogP contribution in [0.3, 0.4) is 0 Å². The lowest BCUT2D eigenvalue weighted by Gasteiger charge is -2.16. The molecule has 0 bridgehead atoms. The van der Waals surface area contributed by atoms with Crippen LogP contribution in [-0.2, 0) is 14.3 Å². The first-order chi connectivity index (χ1) is 27.7. The molecule has 336 valence electrons. The standard InChI is InChI=1S/C52H104O4/c1-3-5-7-9-11-13-15-17-19-21-23-24-25-26-27-28-29-30-32-34-36-38-40-42-44-46-48-55-50-51(49-53)56-52(54)47-45-43-41-39-37-35-33-31-22-20-18-16-14-12-10-8-6-4-2/h51,53H,3-50H2,1-2H3. The molecule has 0 fully saturated rings. The fraction of sp³-hybridized carbons (Fsp3) is 0.981. The predicted molar refractivity (Wildman–Crippen MR) is 247 cm³/mol. The summed E-state index contributed by atoms with van der Waals surface area (Å²) in [5.74, 6) is -0.190. The van der Waals surface area contributed by atoms with Crippen LogP contribution < -0.4 is 0 Å². The van der Waals surface area contributed by atoms with E-state index >= 15 is 0 Å². The lowest BCUT2D eigenvalue weighted by atomic mass is 10.0. The van der Waals surface area contributed by atoms with E-state index in [0.717, 1.165) is 19.3 Å². The maximum Gasteiger partial charge on any atom is 0.306 e. The molecule has 1 N–H and O–H groups in total. The maximum absolute atomic E-state index is 12.3. The van der Waals surface area contributed by atoms with Crippen molar-refractivity contribution in [2.45, 2.75) is 309 Å². The minimum absolute atomic E-state index is 0.162. The zero-order chi connectivity index (χ0) is 40.5. The molecule has 0 spiro atoms. The van der Waals surface area contributed by atoms with Crippen LogP contribution in [0.25, 0.3) is 0 Å². The summed E-state index contributed by atoms with van der Waals surface area (Å²) in [5, 5.41) is 9.65. The number of hydrogen-bond acceptors (Lipinski definition) is 4. The monoisotopic (exact) mass is 793 g/mol. The number of unbranched alkanes of at least 4 members (excludes halogenated alkanes) is 42. The highest BCUT2D eigenvalue weighted by Gasteiger charge is 2.13. The van der Waals surface area contributed by atoms with Gasteiger partial charge in [0, 0.05) is 13.0 Å². The van der Waals surface area contributed by atoms with Crippen molar-refractivity contribution >= 4 is 5.97 Å². The first kappa shape index (κ1) is 55.4. The average molecular weight is 793 g/mol. The number of rotatable bonds is 50. The minimum Gasteiger partial charge on any atom is -0.457 e. The van der Waals surface area contributed by atoms with E-state index in [4.69, 9.17) is 9.47 Å². The van der Waals surface area contributed by atoms with Crippen LogP contribution in [0.5, 0.6) is 0 Å². The molecule has 1 atom stereocenters. The van der Waals surface area contributed by atoms with Gasteiger partial charge in [-0.05, 0) is 12.8 Å². The van der Waals surface area contributed by atoms with E-state index < -0.39 is 6.10 Å². The Hall–Kier alpha value is -0.610. The van der Waals surface area contributed by atoms with E-state index in [1.54, 1.807) is 0 Å². The Morgan fingerprint density at radius 2 is 0.589 bits per heavy atom. The van der Waals surface area contributed by atoms with E-state index in [2.05, 4.69) is 13.8 Å². The second-order valence-electron chi connectivity index (χ2n) is 18.0. The molecular weight excluding hydrogens is 689 g/mol. The lowest BCUT2D eigenvalue weighted by molar-refractivity contribution is -0.154. The average Bonchev–Trinajstić information content (AvgIpc) is 3.20. The number of aliphatic hydroxyl groups excluding tert-OH is 1. The largest absolute Gasteiger partial charge is 0.457 e. The van der Waals surface area contributed by atoms with Crippen LogP contribution in [-0.4, -0.2) is 37.0 Å². The molecule has 0 heterocycles. The summed E-state index contributed by atoms with van der Waals surface area (Å²) in [4.78, 5) is 12.3. The van der Waals surface area contributed by atoms with Gasteiger partial charge in [0.2, 0.25) is 0 Å². The first-order valence-corrected chi connectivity index (χ1v) is 26.1. The molecule has 0 aliphatic rings. The third-order valence-corrected chi connectivity index (χ3v) is 12.2. The molecule has 0 saturated carbocycles. The van der Waals surface area contributed by atoms with Gasteiger partial charge in [0.15, 0.2) is 0 Å². The normalized spacial score (nSPS) is 12.1. The summed E-state index contributed by atoms with van der Waals surface area (Å²) in [5.41, 5.74) is 0. The zero-order valence-corrected chi connectivity index (χ0v) is 38.7. The van der Waals surface area contributed by atoms with Crippen molar-refractivity contribution in [3.05, 3.63) is 0 Å². The van der Waals surface area contributed by atoms with Gasteiger partial charge in [-0.2, -0.15) is 0 Å². The second kappa shape index (κ2) is 50.5. The van der Waals surface area contributed by atoms with Crippen LogP contribution in [0.15, 0.2) is 0 Å². The summed E-state index contributed by atoms with van der Waals surface area (Å²) < 4.78 is 11.2. The minimum atomic E-state index is -0.526. The Morgan fingerprint density at radius 3 is 0.839 bits per heavy atom. The van der Waals surface area contributed by atoms with Gasteiger partial charge in [0.25, 0.3) is 0 Å². The number of aliphatic hydroxyl groups is 1. The molecule has 0 aliphatic carbocycles. The molecule has 1 unspecified atom stereocenters. The molecular formula is C52H104O4. The highest BCUT2D eigenvalue weighted by atomic mass is 16.6. The van der Waals surface area contributed by atoms with Crippen LogP contribution in [0.2, 0.25) is 0 Å². The molecule has 0 aromatic heterocycles. The smallest absolute Gasteiger partial charge is 0.306 e. The Bertz CT molecular complexity index is 711. The molecule has 4 heteroatoms. The summed E-state index contributed by atoms with van der Waals surface area (Å²) >= 11 is 0. The van der Waals surface area contributed by atoms with Crippen molar-refractivity contribution in [2.75, 3.05) is 19.8 Å². The van der Waals surface area contributed by atoms with Crippen LogP contribution in [0.4, 0.5) is 0 Å². The summed E-state index contributed by atoms with van der Waals surface area (Å²) in [6, 6.07) is 0. The first-order valence-electron chi connectivity index (χ1n) is 26.1. The van der Waals surface area contributed by atoms with Crippen LogP contribution in [0.1, 0.15) is 303 Å². The highest BCUT2D eigenvalue weighted by molar-refractivity contribution is 5.69. The summed E-state index contributed by atoms with van der Waals surface area (Å²) in [7, 11) is 0. The van der Waals surface area contributed by atoms with Crippen molar-refractivity contribution in [3.8, 4) is 0 Å². The molecule has 0 aromatic rings. The number of carbonyl (C=O) groups is 1. The molecule has 0 rings (SSSR count). The van der Waals surface area contributed by atoms with E-state index in [0.29, 0.717) is 19.6 Å². The molecule has 0 aliphatic heterocycles. The number of hydrogen-bond donors (Lipinski definition) is 1. The van der Waals surface area contributed by atoms with Gasteiger partial charge in [-0.25, -0.2) is 0 Å². The Morgan fingerprint density at radius 1 is 0.357 bits per heavy atom. The quantitative estimate of drug-likeness (QED) is 0.0492. The van der Waals surface area contributed by atoms with Crippen molar-refractivity contribution < 1.29 is 19.4 Å². The van der Waals surface area contributed by atoms with Gasteiger partial charge in [0.05, 0.1) is 13.2 Å². The topological polar surface area (TPSA) is 55.8 Å². The fourth-order valence-electron chi connectivity index (χ4n) is 8.27. The summed E-state index contributed by atoms with van der Waals surface area (Å²) in [6.45, 7) is 5.42. The molecule has 0 amide bonds. The van der Waals surface area contributed by atoms with Crippen molar-refractivity contribution in [2.24, 2.45) is 0 Å². The third kappa shape index (κ3) is 47.8. The van der Waals surface area contributed by atoms with Crippen LogP contribution >= 0.6 is 0 Å².